The van der Waals surface area contributed by atoms with Crippen LogP contribution in [-0.2, 0) is 14.8 Å². The Balaban J connectivity index is 1.58. The van der Waals surface area contributed by atoms with Crippen LogP contribution in [0.15, 0.2) is 54.0 Å². The van der Waals surface area contributed by atoms with Gasteiger partial charge in [-0.25, -0.2) is 27.7 Å². The number of halogens is 1. The zero-order chi connectivity index (χ0) is 22.3. The van der Waals surface area contributed by atoms with Crippen molar-refractivity contribution in [3.63, 3.8) is 0 Å². The van der Waals surface area contributed by atoms with Gasteiger partial charge in [0.25, 0.3) is 15.7 Å². The molecular formula is C18H15ClN6O5S. The van der Waals surface area contributed by atoms with Crippen LogP contribution in [0.5, 0.6) is 0 Å². The van der Waals surface area contributed by atoms with E-state index < -0.39 is 37.4 Å². The summed E-state index contributed by atoms with van der Waals surface area (Å²) < 4.78 is 28.1. The molecule has 0 bridgehead atoms. The summed E-state index contributed by atoms with van der Waals surface area (Å²) in [6.07, 6.45) is 6.46. The van der Waals surface area contributed by atoms with Gasteiger partial charge < -0.3 is 4.57 Å². The largest absolute Gasteiger partial charge is 0.308 e. The predicted molar refractivity (Wildman–Crippen MR) is 110 cm³/mol. The number of amides is 1. The van der Waals surface area contributed by atoms with Gasteiger partial charge in [-0.1, -0.05) is 35.9 Å². The quantitative estimate of drug-likeness (QED) is 0.243. The summed E-state index contributed by atoms with van der Waals surface area (Å²) in [4.78, 5) is 35.1. The normalized spacial score (nSPS) is 18.4. The maximum atomic E-state index is 12.9. The Morgan fingerprint density at radius 2 is 2.00 bits per heavy atom. The molecule has 0 saturated heterocycles. The van der Waals surface area contributed by atoms with E-state index in [2.05, 4.69) is 15.0 Å². The summed E-state index contributed by atoms with van der Waals surface area (Å²) in [5.74, 6) is -1.45. The number of hydrogen-bond donors (Lipinski definition) is 0. The van der Waals surface area contributed by atoms with Crippen LogP contribution in [0.2, 0.25) is 5.15 Å². The first-order valence-corrected chi connectivity index (χ1v) is 10.8. The summed E-state index contributed by atoms with van der Waals surface area (Å²) in [6, 6.07) is 4.60. The number of nitrogens with zero attached hydrogens (tertiary/aromatic N) is 6. The zero-order valence-electron chi connectivity index (χ0n) is 16.0. The summed E-state index contributed by atoms with van der Waals surface area (Å²) in [5.41, 5.74) is 0.315. The number of imidazole rings is 1. The van der Waals surface area contributed by atoms with Crippen molar-refractivity contribution < 1.29 is 18.1 Å². The van der Waals surface area contributed by atoms with Crippen LogP contribution in [0.1, 0.15) is 12.5 Å². The molecule has 1 amide bonds. The first-order valence-electron chi connectivity index (χ1n) is 8.99. The van der Waals surface area contributed by atoms with Gasteiger partial charge in [0.1, 0.15) is 11.8 Å². The minimum atomic E-state index is -4.41. The minimum absolute atomic E-state index is 0.202. The molecule has 3 aromatic rings. The standard InChI is InChI=1S/C18H15ClN6O5S/c1-23(31(29,30)14-5-3-2-4-13(14)25(27)28)18(26)11-6-7-12(8-11)24-10-22-15-16(19)20-9-21-17(15)24/h2-7,9-12H,8H2,1H3/t11-,12+/m1/s1. The Bertz CT molecular complexity index is 1340. The van der Waals surface area contributed by atoms with Crippen molar-refractivity contribution in [2.45, 2.75) is 17.4 Å². The van der Waals surface area contributed by atoms with Crippen molar-refractivity contribution in [2.24, 2.45) is 5.92 Å². The molecule has 13 heteroatoms. The Labute approximate surface area is 181 Å². The third-order valence-electron chi connectivity index (χ3n) is 5.06. The number of fused-ring (bicyclic) bond motifs is 1. The van der Waals surface area contributed by atoms with E-state index in [1.807, 2.05) is 0 Å². The number of rotatable bonds is 5. The zero-order valence-corrected chi connectivity index (χ0v) is 17.6. The van der Waals surface area contributed by atoms with Gasteiger partial charge in [0.05, 0.1) is 23.2 Å². The maximum absolute atomic E-state index is 12.9. The van der Waals surface area contributed by atoms with Crippen LogP contribution in [0.4, 0.5) is 5.69 Å². The Morgan fingerprint density at radius 3 is 2.74 bits per heavy atom. The Morgan fingerprint density at radius 1 is 1.26 bits per heavy atom. The smallest absolute Gasteiger partial charge is 0.289 e. The van der Waals surface area contributed by atoms with E-state index in [1.165, 1.54) is 24.8 Å². The molecule has 2 aromatic heterocycles. The van der Waals surface area contributed by atoms with Gasteiger partial charge in [0, 0.05) is 13.1 Å². The number of para-hydroxylation sites is 1. The highest BCUT2D eigenvalue weighted by atomic mass is 35.5. The van der Waals surface area contributed by atoms with Gasteiger partial charge in [0.2, 0.25) is 5.91 Å². The molecule has 11 nitrogen and oxygen atoms in total. The molecule has 2 heterocycles. The van der Waals surface area contributed by atoms with Gasteiger partial charge in [0.15, 0.2) is 15.7 Å². The first-order chi connectivity index (χ1) is 14.7. The van der Waals surface area contributed by atoms with Crippen molar-refractivity contribution in [3.8, 4) is 0 Å². The molecule has 31 heavy (non-hydrogen) atoms. The third kappa shape index (κ3) is 3.53. The number of allylic oxidation sites excluding steroid dienone is 1. The molecule has 0 spiro atoms. The summed E-state index contributed by atoms with van der Waals surface area (Å²) >= 11 is 6.02. The number of nitro benzene ring substituents is 1. The monoisotopic (exact) mass is 462 g/mol. The van der Waals surface area contributed by atoms with E-state index in [9.17, 15) is 23.3 Å². The molecule has 0 aliphatic heterocycles. The summed E-state index contributed by atoms with van der Waals surface area (Å²) in [5, 5.41) is 11.4. The maximum Gasteiger partial charge on any atom is 0.289 e. The highest BCUT2D eigenvalue weighted by molar-refractivity contribution is 7.89. The number of nitro groups is 1. The molecule has 0 unspecified atom stereocenters. The molecule has 1 aliphatic rings. The van der Waals surface area contributed by atoms with Gasteiger partial charge in [-0.2, -0.15) is 0 Å². The number of carbonyl (C=O) groups is 1. The number of aromatic nitrogens is 4. The second-order valence-electron chi connectivity index (χ2n) is 6.82. The molecular weight excluding hydrogens is 448 g/mol. The third-order valence-corrected chi connectivity index (χ3v) is 7.14. The van der Waals surface area contributed by atoms with Crippen molar-refractivity contribution in [1.29, 1.82) is 0 Å². The van der Waals surface area contributed by atoms with Crippen LogP contribution in [-0.4, -0.2) is 50.1 Å². The van der Waals surface area contributed by atoms with Crippen molar-refractivity contribution >= 4 is 44.4 Å². The lowest BCUT2D eigenvalue weighted by atomic mass is 10.1. The van der Waals surface area contributed by atoms with E-state index in [4.69, 9.17) is 11.6 Å². The van der Waals surface area contributed by atoms with Gasteiger partial charge >= 0.3 is 0 Å². The molecule has 0 N–H and O–H groups in total. The number of carbonyl (C=O) groups excluding carboxylic acids is 1. The van der Waals surface area contributed by atoms with Crippen molar-refractivity contribution in [2.75, 3.05) is 7.05 Å². The Hall–Kier alpha value is -3.38. The highest BCUT2D eigenvalue weighted by Crippen LogP contribution is 2.33. The topological polar surface area (TPSA) is 141 Å². The van der Waals surface area contributed by atoms with E-state index in [0.717, 1.165) is 19.2 Å². The van der Waals surface area contributed by atoms with E-state index in [0.29, 0.717) is 15.5 Å². The fraction of sp³-hybridized carbons (Fsp3) is 0.222. The van der Waals surface area contributed by atoms with Crippen molar-refractivity contribution in [3.05, 3.63) is 64.3 Å². The molecule has 0 fully saturated rings. The van der Waals surface area contributed by atoms with E-state index in [-0.39, 0.29) is 17.6 Å². The van der Waals surface area contributed by atoms with E-state index in [1.54, 1.807) is 16.7 Å². The van der Waals surface area contributed by atoms with Crippen LogP contribution < -0.4 is 0 Å². The fourth-order valence-electron chi connectivity index (χ4n) is 3.46. The average Bonchev–Trinajstić information content (AvgIpc) is 3.40. The minimum Gasteiger partial charge on any atom is -0.308 e. The first kappa shape index (κ1) is 20.9. The predicted octanol–water partition coefficient (Wildman–Crippen LogP) is 2.35. The lowest BCUT2D eigenvalue weighted by molar-refractivity contribution is -0.387. The lowest BCUT2D eigenvalue weighted by Gasteiger charge is -2.21. The van der Waals surface area contributed by atoms with Gasteiger partial charge in [-0.05, 0) is 12.5 Å². The number of hydrogen-bond acceptors (Lipinski definition) is 8. The molecule has 1 aliphatic carbocycles. The van der Waals surface area contributed by atoms with Crippen LogP contribution >= 0.6 is 11.6 Å². The average molecular weight is 463 g/mol. The second kappa shape index (κ2) is 7.71. The number of benzene rings is 1. The molecule has 0 saturated carbocycles. The lowest BCUT2D eigenvalue weighted by Crippen LogP contribution is -2.37. The Kier molecular flexibility index (Phi) is 5.19. The van der Waals surface area contributed by atoms with E-state index >= 15 is 0 Å². The summed E-state index contributed by atoms with van der Waals surface area (Å²) in [7, 11) is -3.32. The molecule has 4 rings (SSSR count). The second-order valence-corrected chi connectivity index (χ2v) is 9.11. The van der Waals surface area contributed by atoms with Crippen LogP contribution in [0.25, 0.3) is 11.2 Å². The fourth-order valence-corrected chi connectivity index (χ4v) is 4.96. The highest BCUT2D eigenvalue weighted by Gasteiger charge is 2.37. The van der Waals surface area contributed by atoms with Gasteiger partial charge in [-0.3, -0.25) is 14.9 Å². The molecule has 1 aromatic carbocycles. The molecule has 160 valence electrons. The summed E-state index contributed by atoms with van der Waals surface area (Å²) in [6.45, 7) is 0. The van der Waals surface area contributed by atoms with Gasteiger partial charge in [-0.15, -0.1) is 0 Å². The SMILES string of the molecule is CN(C(=O)[C@@H]1C=C[C@H](n2cnc3c(Cl)ncnc32)C1)S(=O)(=O)c1ccccc1[N+](=O)[O-]. The van der Waals surface area contributed by atoms with Crippen LogP contribution in [0, 0.1) is 16.0 Å². The van der Waals surface area contributed by atoms with Crippen LogP contribution in [0.3, 0.4) is 0 Å². The molecule has 2 atom stereocenters. The molecule has 0 radical (unpaired) electrons. The number of sulfonamides is 1. The van der Waals surface area contributed by atoms with Crippen molar-refractivity contribution in [1.82, 2.24) is 23.8 Å².